The Bertz CT molecular complexity index is 586. The van der Waals surface area contributed by atoms with Gasteiger partial charge in [0, 0.05) is 15.8 Å². The van der Waals surface area contributed by atoms with Crippen LogP contribution >= 0.6 is 11.8 Å². The van der Waals surface area contributed by atoms with Crippen molar-refractivity contribution in [3.05, 3.63) is 47.9 Å². The van der Waals surface area contributed by atoms with Crippen LogP contribution in [0.2, 0.25) is 0 Å². The fraction of sp³-hybridized carbons (Fsp3) is 0.444. The molecule has 1 atom stereocenters. The highest BCUT2D eigenvalue weighted by atomic mass is 32.2. The van der Waals surface area contributed by atoms with Crippen LogP contribution in [0.25, 0.3) is 0 Å². The third-order valence-electron chi connectivity index (χ3n) is 4.04. The summed E-state index contributed by atoms with van der Waals surface area (Å²) in [5.41, 5.74) is 1.22. The zero-order valence-electron chi connectivity index (χ0n) is 12.8. The van der Waals surface area contributed by atoms with E-state index in [0.29, 0.717) is 0 Å². The summed E-state index contributed by atoms with van der Waals surface area (Å²) in [6, 6.07) is 12.9. The minimum atomic E-state index is 0.184. The molecule has 1 aromatic carbocycles. The molecule has 1 N–H and O–H groups in total. The Labute approximate surface area is 131 Å². The van der Waals surface area contributed by atoms with Gasteiger partial charge < -0.3 is 9.73 Å². The molecule has 2 nitrogen and oxygen atoms in total. The zero-order valence-corrected chi connectivity index (χ0v) is 13.6. The molecule has 0 bridgehead atoms. The van der Waals surface area contributed by atoms with Gasteiger partial charge in [-0.3, -0.25) is 0 Å². The molecule has 3 rings (SSSR count). The predicted molar refractivity (Wildman–Crippen MR) is 90.0 cm³/mol. The number of nitrogens with one attached hydrogen (secondary N) is 1. The van der Waals surface area contributed by atoms with Gasteiger partial charge in [-0.1, -0.05) is 25.0 Å². The van der Waals surface area contributed by atoms with Crippen LogP contribution in [0.1, 0.15) is 50.2 Å². The molecule has 3 heteroatoms. The molecule has 1 unspecified atom stereocenters. The Balaban J connectivity index is 1.72. The van der Waals surface area contributed by atoms with Crippen LogP contribution in [0.4, 0.5) is 5.69 Å². The maximum atomic E-state index is 5.72. The van der Waals surface area contributed by atoms with Gasteiger partial charge in [0.25, 0.3) is 0 Å². The number of benzene rings is 1. The van der Waals surface area contributed by atoms with E-state index in [9.17, 15) is 0 Å². The van der Waals surface area contributed by atoms with Gasteiger partial charge in [-0.2, -0.15) is 0 Å². The smallest absolute Gasteiger partial charge is 0.126 e. The molecular weight excluding hydrogens is 278 g/mol. The molecule has 2 aromatic rings. The van der Waals surface area contributed by atoms with E-state index >= 15 is 0 Å². The summed E-state index contributed by atoms with van der Waals surface area (Å²) in [6.45, 7) is 4.13. The highest BCUT2D eigenvalue weighted by molar-refractivity contribution is 8.00. The van der Waals surface area contributed by atoms with Gasteiger partial charge in [-0.25, -0.2) is 0 Å². The average molecular weight is 301 g/mol. The van der Waals surface area contributed by atoms with E-state index in [1.165, 1.54) is 36.3 Å². The van der Waals surface area contributed by atoms with Gasteiger partial charge in [0.1, 0.15) is 11.5 Å². The minimum Gasteiger partial charge on any atom is -0.464 e. The first kappa shape index (κ1) is 14.6. The molecule has 112 valence electrons. The molecule has 0 aliphatic heterocycles. The Hall–Kier alpha value is -1.35. The Kier molecular flexibility index (Phi) is 4.59. The largest absolute Gasteiger partial charge is 0.464 e. The number of anilines is 1. The third-order valence-corrected chi connectivity index (χ3v) is 5.46. The monoisotopic (exact) mass is 301 g/mol. The lowest BCUT2D eigenvalue weighted by Crippen LogP contribution is -2.07. The molecule has 0 radical (unpaired) electrons. The first-order chi connectivity index (χ1) is 10.2. The van der Waals surface area contributed by atoms with E-state index in [4.69, 9.17) is 4.42 Å². The Morgan fingerprint density at radius 2 is 1.90 bits per heavy atom. The summed E-state index contributed by atoms with van der Waals surface area (Å²) in [5.74, 6) is 1.96. The van der Waals surface area contributed by atoms with Gasteiger partial charge in [0.2, 0.25) is 0 Å². The lowest BCUT2D eigenvalue weighted by molar-refractivity contribution is 0.466. The van der Waals surface area contributed by atoms with Crippen LogP contribution in [0.15, 0.2) is 45.7 Å². The van der Waals surface area contributed by atoms with Gasteiger partial charge in [0.15, 0.2) is 0 Å². The lowest BCUT2D eigenvalue weighted by atomic mass is 10.2. The standard InChI is InChI=1S/C18H23NOS/c1-13-11-12-17(20-13)14(2)19-16-9-5-6-10-18(16)21-15-7-3-4-8-15/h5-6,9-12,14-15,19H,3-4,7-8H2,1-2H3. The van der Waals surface area contributed by atoms with Crippen molar-refractivity contribution in [2.24, 2.45) is 0 Å². The van der Waals surface area contributed by atoms with Crippen LogP contribution in [0, 0.1) is 6.92 Å². The maximum absolute atomic E-state index is 5.72. The molecule has 1 saturated carbocycles. The van der Waals surface area contributed by atoms with Crippen molar-refractivity contribution in [3.63, 3.8) is 0 Å². The Morgan fingerprint density at radius 3 is 2.62 bits per heavy atom. The number of rotatable bonds is 5. The van der Waals surface area contributed by atoms with E-state index in [0.717, 1.165) is 16.8 Å². The second-order valence-electron chi connectivity index (χ2n) is 5.83. The average Bonchev–Trinajstić information content (AvgIpc) is 3.12. The number of hydrogen-bond acceptors (Lipinski definition) is 3. The van der Waals surface area contributed by atoms with Crippen LogP contribution in [-0.2, 0) is 0 Å². The van der Waals surface area contributed by atoms with E-state index in [1.54, 1.807) is 0 Å². The fourth-order valence-corrected chi connectivity index (χ4v) is 4.20. The van der Waals surface area contributed by atoms with Crippen LogP contribution in [-0.4, -0.2) is 5.25 Å². The van der Waals surface area contributed by atoms with Crippen molar-refractivity contribution in [1.29, 1.82) is 0 Å². The summed E-state index contributed by atoms with van der Waals surface area (Å²) in [6.07, 6.45) is 5.47. The topological polar surface area (TPSA) is 25.2 Å². The molecule has 0 spiro atoms. The summed E-state index contributed by atoms with van der Waals surface area (Å²) in [5, 5.41) is 4.39. The number of aryl methyl sites for hydroxylation is 1. The summed E-state index contributed by atoms with van der Waals surface area (Å²) < 4.78 is 5.72. The van der Waals surface area contributed by atoms with Crippen molar-refractivity contribution >= 4 is 17.4 Å². The van der Waals surface area contributed by atoms with Crippen molar-refractivity contribution in [3.8, 4) is 0 Å². The van der Waals surface area contributed by atoms with Crippen LogP contribution in [0.3, 0.4) is 0 Å². The number of thioether (sulfide) groups is 1. The van der Waals surface area contributed by atoms with Gasteiger partial charge in [-0.05, 0) is 51.0 Å². The van der Waals surface area contributed by atoms with Crippen molar-refractivity contribution in [2.45, 2.75) is 55.7 Å². The molecule has 1 aliphatic carbocycles. The summed E-state index contributed by atoms with van der Waals surface area (Å²) in [7, 11) is 0. The molecule has 0 saturated heterocycles. The van der Waals surface area contributed by atoms with E-state index in [1.807, 2.05) is 24.8 Å². The minimum absolute atomic E-state index is 0.184. The van der Waals surface area contributed by atoms with Crippen molar-refractivity contribution in [1.82, 2.24) is 0 Å². The van der Waals surface area contributed by atoms with Gasteiger partial charge in [0.05, 0.1) is 6.04 Å². The Morgan fingerprint density at radius 1 is 1.14 bits per heavy atom. The second kappa shape index (κ2) is 6.61. The first-order valence-corrected chi connectivity index (χ1v) is 8.69. The number of para-hydroxylation sites is 1. The normalized spacial score (nSPS) is 17.0. The molecule has 1 fully saturated rings. The SMILES string of the molecule is Cc1ccc(C(C)Nc2ccccc2SC2CCCC2)o1. The fourth-order valence-electron chi connectivity index (χ4n) is 2.86. The highest BCUT2D eigenvalue weighted by Crippen LogP contribution is 2.38. The predicted octanol–water partition coefficient (Wildman–Crippen LogP) is 5.80. The zero-order chi connectivity index (χ0) is 14.7. The third kappa shape index (κ3) is 3.65. The number of hydrogen-bond donors (Lipinski definition) is 1. The summed E-state index contributed by atoms with van der Waals surface area (Å²) in [4.78, 5) is 1.36. The van der Waals surface area contributed by atoms with Crippen LogP contribution in [0.5, 0.6) is 0 Å². The van der Waals surface area contributed by atoms with Crippen molar-refractivity contribution in [2.75, 3.05) is 5.32 Å². The highest BCUT2D eigenvalue weighted by Gasteiger charge is 2.18. The first-order valence-electron chi connectivity index (χ1n) is 7.81. The van der Waals surface area contributed by atoms with Crippen LogP contribution < -0.4 is 5.32 Å². The van der Waals surface area contributed by atoms with Crippen molar-refractivity contribution < 1.29 is 4.42 Å². The number of furan rings is 1. The summed E-state index contributed by atoms with van der Waals surface area (Å²) >= 11 is 2.03. The maximum Gasteiger partial charge on any atom is 0.126 e. The quantitative estimate of drug-likeness (QED) is 0.756. The van der Waals surface area contributed by atoms with Gasteiger partial charge in [-0.15, -0.1) is 11.8 Å². The molecular formula is C18H23NOS. The molecule has 1 aliphatic rings. The second-order valence-corrected chi connectivity index (χ2v) is 7.18. The van der Waals surface area contributed by atoms with E-state index < -0.39 is 0 Å². The molecule has 1 heterocycles. The molecule has 0 amide bonds. The molecule has 1 aromatic heterocycles. The van der Waals surface area contributed by atoms with Gasteiger partial charge >= 0.3 is 0 Å². The lowest BCUT2D eigenvalue weighted by Gasteiger charge is -2.18. The molecule has 21 heavy (non-hydrogen) atoms. The van der Waals surface area contributed by atoms with E-state index in [2.05, 4.69) is 42.6 Å². The van der Waals surface area contributed by atoms with E-state index in [-0.39, 0.29) is 6.04 Å².